The van der Waals surface area contributed by atoms with Crippen molar-refractivity contribution in [3.63, 3.8) is 0 Å². The van der Waals surface area contributed by atoms with Crippen LogP contribution in [0.4, 0.5) is 4.79 Å². The minimum atomic E-state index is -3.23. The zero-order valence-electron chi connectivity index (χ0n) is 18.9. The van der Waals surface area contributed by atoms with E-state index in [9.17, 15) is 13.2 Å². The van der Waals surface area contributed by atoms with Gasteiger partial charge in [0.1, 0.15) is 5.60 Å². The molecule has 0 radical (unpaired) electrons. The van der Waals surface area contributed by atoms with Crippen LogP contribution in [0, 0.1) is 6.92 Å². The first-order valence-corrected chi connectivity index (χ1v) is 11.5. The molecule has 0 aliphatic carbocycles. The summed E-state index contributed by atoms with van der Waals surface area (Å²) in [5, 5.41) is 6.35. The summed E-state index contributed by atoms with van der Waals surface area (Å²) >= 11 is 0. The molecule has 8 nitrogen and oxygen atoms in total. The van der Waals surface area contributed by atoms with Crippen molar-refractivity contribution in [1.29, 1.82) is 0 Å². The number of amides is 1. The molecule has 0 aliphatic heterocycles. The number of sulfone groups is 1. The lowest BCUT2D eigenvalue weighted by molar-refractivity contribution is 0.0264. The number of carbonyl (C=O) groups excluding carboxylic acids is 1. The standard InChI is InChI=1S/C20H34N4O4S.HI/c1-8-24(19(25)28-20(3,4)5)12-11-22-18(21-6)23-14-16-9-10-17(15(2)13-16)29(7,26)27;/h9-10,13H,8,11-12,14H2,1-7H3,(H2,21,22,23);1H. The number of likely N-dealkylation sites (N-methyl/N-ethyl adjacent to an activating group) is 1. The van der Waals surface area contributed by atoms with Crippen molar-refractivity contribution in [2.45, 2.75) is 51.7 Å². The molecule has 2 N–H and O–H groups in total. The molecule has 1 aromatic carbocycles. The van der Waals surface area contributed by atoms with Crippen LogP contribution in [-0.2, 0) is 21.1 Å². The second-order valence-corrected chi connectivity index (χ2v) is 9.77. The summed E-state index contributed by atoms with van der Waals surface area (Å²) in [7, 11) is -1.56. The lowest BCUT2D eigenvalue weighted by atomic mass is 10.1. The molecule has 0 bridgehead atoms. The molecule has 172 valence electrons. The van der Waals surface area contributed by atoms with Crippen LogP contribution < -0.4 is 10.6 Å². The maximum absolute atomic E-state index is 12.2. The molecule has 0 atom stereocenters. The molecule has 0 spiro atoms. The van der Waals surface area contributed by atoms with Gasteiger partial charge in [-0.05, 0) is 51.8 Å². The molecule has 1 amide bonds. The number of aryl methyl sites for hydroxylation is 1. The van der Waals surface area contributed by atoms with Gasteiger partial charge in [0.25, 0.3) is 0 Å². The number of nitrogens with zero attached hydrogens (tertiary/aromatic N) is 2. The minimum Gasteiger partial charge on any atom is -0.444 e. The summed E-state index contributed by atoms with van der Waals surface area (Å²) < 4.78 is 28.8. The highest BCUT2D eigenvalue weighted by atomic mass is 127. The third-order valence-electron chi connectivity index (χ3n) is 4.03. The van der Waals surface area contributed by atoms with Gasteiger partial charge in [-0.25, -0.2) is 13.2 Å². The van der Waals surface area contributed by atoms with Crippen molar-refractivity contribution in [3.05, 3.63) is 29.3 Å². The van der Waals surface area contributed by atoms with Gasteiger partial charge in [0.2, 0.25) is 0 Å². The second-order valence-electron chi connectivity index (χ2n) is 7.78. The molecule has 0 heterocycles. The summed E-state index contributed by atoms with van der Waals surface area (Å²) in [6, 6.07) is 5.25. The predicted molar refractivity (Wildman–Crippen MR) is 131 cm³/mol. The Kier molecular flexibility index (Phi) is 11.7. The van der Waals surface area contributed by atoms with Crippen LogP contribution in [0.15, 0.2) is 28.1 Å². The summed E-state index contributed by atoms with van der Waals surface area (Å²) in [5.41, 5.74) is 1.13. The third kappa shape index (κ3) is 9.96. The summed E-state index contributed by atoms with van der Waals surface area (Å²) in [6.07, 6.45) is 0.863. The number of aliphatic imine (C=N–C) groups is 1. The molecule has 0 unspecified atom stereocenters. The number of hydrogen-bond acceptors (Lipinski definition) is 5. The fourth-order valence-electron chi connectivity index (χ4n) is 2.66. The monoisotopic (exact) mass is 554 g/mol. The van der Waals surface area contributed by atoms with Crippen molar-refractivity contribution < 1.29 is 17.9 Å². The summed E-state index contributed by atoms with van der Waals surface area (Å²) in [4.78, 5) is 18.3. The van der Waals surface area contributed by atoms with Crippen molar-refractivity contribution in [2.24, 2.45) is 4.99 Å². The van der Waals surface area contributed by atoms with Gasteiger partial charge in [-0.2, -0.15) is 0 Å². The van der Waals surface area contributed by atoms with E-state index in [2.05, 4.69) is 15.6 Å². The Morgan fingerprint density at radius 2 is 1.87 bits per heavy atom. The van der Waals surface area contributed by atoms with E-state index in [1.807, 2.05) is 33.8 Å². The zero-order chi connectivity index (χ0) is 22.2. The average molecular weight is 554 g/mol. The summed E-state index contributed by atoms with van der Waals surface area (Å²) in [5.74, 6) is 0.593. The van der Waals surface area contributed by atoms with Crippen molar-refractivity contribution in [2.75, 3.05) is 32.9 Å². The normalized spacial score (nSPS) is 12.0. The van der Waals surface area contributed by atoms with E-state index < -0.39 is 15.4 Å². The van der Waals surface area contributed by atoms with Crippen molar-refractivity contribution >= 4 is 45.9 Å². The Labute approximate surface area is 197 Å². The molecule has 10 heteroatoms. The second kappa shape index (κ2) is 12.3. The van der Waals surface area contributed by atoms with E-state index in [0.717, 1.165) is 5.56 Å². The Hall–Kier alpha value is -1.56. The van der Waals surface area contributed by atoms with E-state index in [-0.39, 0.29) is 30.1 Å². The predicted octanol–water partition coefficient (Wildman–Crippen LogP) is 2.94. The van der Waals surface area contributed by atoms with Gasteiger partial charge in [0, 0.05) is 39.5 Å². The van der Waals surface area contributed by atoms with Crippen LogP contribution in [0.25, 0.3) is 0 Å². The van der Waals surface area contributed by atoms with Gasteiger partial charge in [0.15, 0.2) is 15.8 Å². The average Bonchev–Trinajstić information content (AvgIpc) is 2.58. The molecular weight excluding hydrogens is 519 g/mol. The largest absolute Gasteiger partial charge is 0.444 e. The molecule has 0 saturated carbocycles. The van der Waals surface area contributed by atoms with Crippen molar-refractivity contribution in [1.82, 2.24) is 15.5 Å². The van der Waals surface area contributed by atoms with E-state index in [1.54, 1.807) is 31.0 Å². The number of halogens is 1. The molecule has 1 aromatic rings. The Bertz CT molecular complexity index is 836. The molecule has 1 rings (SSSR count). The number of rotatable bonds is 7. The smallest absolute Gasteiger partial charge is 0.410 e. The number of benzene rings is 1. The number of ether oxygens (including phenoxy) is 1. The van der Waals surface area contributed by atoms with Crippen LogP contribution >= 0.6 is 24.0 Å². The van der Waals surface area contributed by atoms with Crippen LogP contribution in [-0.4, -0.2) is 63.9 Å². The zero-order valence-corrected chi connectivity index (χ0v) is 22.1. The Morgan fingerprint density at radius 3 is 2.33 bits per heavy atom. The lowest BCUT2D eigenvalue weighted by Crippen LogP contribution is -2.44. The van der Waals surface area contributed by atoms with Gasteiger partial charge >= 0.3 is 6.09 Å². The fraction of sp³-hybridized carbons (Fsp3) is 0.600. The molecular formula is C20H35IN4O4S. The minimum absolute atomic E-state index is 0. The van der Waals surface area contributed by atoms with E-state index >= 15 is 0 Å². The van der Waals surface area contributed by atoms with E-state index in [0.29, 0.717) is 42.6 Å². The van der Waals surface area contributed by atoms with Gasteiger partial charge in [-0.15, -0.1) is 24.0 Å². The van der Waals surface area contributed by atoms with Crippen LogP contribution in [0.3, 0.4) is 0 Å². The Balaban J connectivity index is 0.00000841. The maximum Gasteiger partial charge on any atom is 0.410 e. The third-order valence-corrected chi connectivity index (χ3v) is 5.29. The molecule has 0 aliphatic rings. The molecule has 30 heavy (non-hydrogen) atoms. The fourth-order valence-corrected chi connectivity index (χ4v) is 3.62. The first kappa shape index (κ1) is 28.4. The summed E-state index contributed by atoms with van der Waals surface area (Å²) in [6.45, 7) is 11.2. The SMILES string of the molecule is CCN(CCNC(=NC)NCc1ccc(S(C)(=O)=O)c(C)c1)C(=O)OC(C)(C)C.I. The van der Waals surface area contributed by atoms with Crippen LogP contribution in [0.1, 0.15) is 38.8 Å². The van der Waals surface area contributed by atoms with Crippen LogP contribution in [0.2, 0.25) is 0 Å². The number of hydrogen-bond donors (Lipinski definition) is 2. The van der Waals surface area contributed by atoms with Gasteiger partial charge in [-0.1, -0.05) is 12.1 Å². The van der Waals surface area contributed by atoms with E-state index in [1.165, 1.54) is 6.26 Å². The van der Waals surface area contributed by atoms with Gasteiger partial charge < -0.3 is 20.3 Å². The highest BCUT2D eigenvalue weighted by Crippen LogP contribution is 2.16. The number of nitrogens with one attached hydrogen (secondary N) is 2. The molecule has 0 aromatic heterocycles. The molecule has 0 fully saturated rings. The van der Waals surface area contributed by atoms with Gasteiger partial charge in [0.05, 0.1) is 4.90 Å². The topological polar surface area (TPSA) is 100 Å². The quantitative estimate of drug-likeness (QED) is 0.306. The first-order chi connectivity index (χ1) is 13.4. The first-order valence-electron chi connectivity index (χ1n) is 9.59. The molecule has 0 saturated heterocycles. The number of carbonyl (C=O) groups is 1. The van der Waals surface area contributed by atoms with Gasteiger partial charge in [-0.3, -0.25) is 4.99 Å². The van der Waals surface area contributed by atoms with Crippen LogP contribution in [0.5, 0.6) is 0 Å². The van der Waals surface area contributed by atoms with Crippen molar-refractivity contribution in [3.8, 4) is 0 Å². The van der Waals surface area contributed by atoms with E-state index in [4.69, 9.17) is 4.74 Å². The Morgan fingerprint density at radius 1 is 1.23 bits per heavy atom. The lowest BCUT2D eigenvalue weighted by Gasteiger charge is -2.26. The number of guanidine groups is 1. The highest BCUT2D eigenvalue weighted by Gasteiger charge is 2.20. The highest BCUT2D eigenvalue weighted by molar-refractivity contribution is 14.0. The maximum atomic E-state index is 12.2.